The van der Waals surface area contributed by atoms with Gasteiger partial charge in [0.15, 0.2) is 0 Å². The second kappa shape index (κ2) is 4.01. The minimum Gasteiger partial charge on any atom is -0.508 e. The summed E-state index contributed by atoms with van der Waals surface area (Å²) in [7, 11) is 0. The van der Waals surface area contributed by atoms with Crippen molar-refractivity contribution in [2.75, 3.05) is 0 Å². The lowest BCUT2D eigenvalue weighted by Crippen LogP contribution is -2.29. The van der Waals surface area contributed by atoms with Crippen molar-refractivity contribution in [3.8, 4) is 0 Å². The summed E-state index contributed by atoms with van der Waals surface area (Å²) in [5.41, 5.74) is -0.413. The molecule has 0 aromatic heterocycles. The Morgan fingerprint density at radius 2 is 2.07 bits per heavy atom. The molecular weight excluding hydrogens is 176 g/mol. The fraction of sp³-hybridized carbons (Fsp3) is 0.500. The monoisotopic (exact) mass is 194 g/mol. The van der Waals surface area contributed by atoms with Crippen LogP contribution in [0.25, 0.3) is 0 Å². The molecule has 2 N–H and O–H groups in total. The molecule has 2 nitrogen and oxygen atoms in total. The lowest BCUT2D eigenvalue weighted by molar-refractivity contribution is 0.0748. The summed E-state index contributed by atoms with van der Waals surface area (Å²) in [6.45, 7) is 7.19. The second-order valence-corrected chi connectivity index (χ2v) is 3.92. The van der Waals surface area contributed by atoms with Crippen molar-refractivity contribution in [2.45, 2.75) is 32.3 Å². The highest BCUT2D eigenvalue weighted by atomic mass is 16.3. The Morgan fingerprint density at radius 1 is 1.50 bits per heavy atom. The Balaban J connectivity index is 3.00. The van der Waals surface area contributed by atoms with Gasteiger partial charge in [-0.2, -0.15) is 0 Å². The Labute approximate surface area is 85.3 Å². The number of aliphatic hydroxyl groups excluding tert-OH is 1. The Hall–Kier alpha value is -1.02. The van der Waals surface area contributed by atoms with E-state index in [2.05, 4.69) is 6.58 Å². The van der Waals surface area contributed by atoms with Crippen LogP contribution in [0.4, 0.5) is 0 Å². The van der Waals surface area contributed by atoms with E-state index in [9.17, 15) is 10.2 Å². The van der Waals surface area contributed by atoms with E-state index < -0.39 is 5.60 Å². The van der Waals surface area contributed by atoms with E-state index in [1.807, 2.05) is 6.92 Å². The van der Waals surface area contributed by atoms with Crippen LogP contribution in [0.5, 0.6) is 0 Å². The van der Waals surface area contributed by atoms with Crippen molar-refractivity contribution in [1.82, 2.24) is 0 Å². The first kappa shape index (κ1) is 11.1. The van der Waals surface area contributed by atoms with Gasteiger partial charge < -0.3 is 10.2 Å². The summed E-state index contributed by atoms with van der Waals surface area (Å²) in [6.07, 6.45) is 6.89. The predicted molar refractivity (Wildman–Crippen MR) is 58.0 cm³/mol. The molecule has 0 bridgehead atoms. The quantitative estimate of drug-likeness (QED) is 0.533. The first-order valence-corrected chi connectivity index (χ1v) is 4.95. The zero-order valence-corrected chi connectivity index (χ0v) is 8.83. The van der Waals surface area contributed by atoms with Crippen molar-refractivity contribution >= 4 is 0 Å². The molecule has 0 saturated heterocycles. The molecule has 2 heteroatoms. The van der Waals surface area contributed by atoms with Crippen LogP contribution in [0, 0.1) is 5.92 Å². The standard InChI is InChI=1S/C12H18O2/c1-4-6-11(13)10(5-2)12(3,14)9-7-8-9/h4-6,9,13-14H,2,7-8H2,1,3H3/b6-4-,11-10-. The van der Waals surface area contributed by atoms with E-state index in [1.165, 1.54) is 6.08 Å². The van der Waals surface area contributed by atoms with E-state index in [0.717, 1.165) is 12.8 Å². The van der Waals surface area contributed by atoms with Crippen molar-refractivity contribution < 1.29 is 10.2 Å². The molecule has 1 atom stereocenters. The van der Waals surface area contributed by atoms with E-state index in [4.69, 9.17) is 0 Å². The number of rotatable bonds is 4. The molecule has 1 saturated carbocycles. The zero-order valence-electron chi connectivity index (χ0n) is 8.83. The van der Waals surface area contributed by atoms with Crippen LogP contribution in [0.2, 0.25) is 0 Å². The maximum absolute atomic E-state index is 10.2. The molecule has 0 heterocycles. The Bertz CT molecular complexity index is 281. The largest absolute Gasteiger partial charge is 0.508 e. The maximum Gasteiger partial charge on any atom is 0.121 e. The van der Waals surface area contributed by atoms with Gasteiger partial charge in [0.2, 0.25) is 0 Å². The Morgan fingerprint density at radius 3 is 2.43 bits per heavy atom. The van der Waals surface area contributed by atoms with E-state index in [0.29, 0.717) is 5.57 Å². The summed E-state index contributed by atoms with van der Waals surface area (Å²) in [5, 5.41) is 19.9. The van der Waals surface area contributed by atoms with Gasteiger partial charge in [-0.15, -0.1) is 0 Å². The minimum atomic E-state index is -0.939. The molecule has 0 aliphatic heterocycles. The first-order valence-electron chi connectivity index (χ1n) is 4.95. The SMILES string of the molecule is C=C/C(=C(O)\C=C/C)C(C)(O)C1CC1. The van der Waals surface area contributed by atoms with E-state index in [-0.39, 0.29) is 11.7 Å². The summed E-state index contributed by atoms with van der Waals surface area (Å²) >= 11 is 0. The van der Waals surface area contributed by atoms with E-state index in [1.54, 1.807) is 19.1 Å². The van der Waals surface area contributed by atoms with Gasteiger partial charge in [-0.3, -0.25) is 0 Å². The number of hydrogen-bond acceptors (Lipinski definition) is 2. The second-order valence-electron chi connectivity index (χ2n) is 3.92. The third-order valence-electron chi connectivity index (χ3n) is 2.72. The smallest absolute Gasteiger partial charge is 0.121 e. The van der Waals surface area contributed by atoms with Gasteiger partial charge in [0.1, 0.15) is 5.76 Å². The van der Waals surface area contributed by atoms with Crippen molar-refractivity contribution in [3.63, 3.8) is 0 Å². The average molecular weight is 194 g/mol. The van der Waals surface area contributed by atoms with Gasteiger partial charge in [0.25, 0.3) is 0 Å². The Kier molecular flexibility index (Phi) is 3.17. The summed E-state index contributed by atoms with van der Waals surface area (Å²) in [4.78, 5) is 0. The highest BCUT2D eigenvalue weighted by molar-refractivity contribution is 5.35. The number of aliphatic hydroxyl groups is 2. The molecule has 1 aliphatic carbocycles. The van der Waals surface area contributed by atoms with Gasteiger partial charge >= 0.3 is 0 Å². The van der Waals surface area contributed by atoms with Crippen LogP contribution < -0.4 is 0 Å². The molecule has 78 valence electrons. The van der Waals surface area contributed by atoms with Crippen LogP contribution in [-0.4, -0.2) is 15.8 Å². The van der Waals surface area contributed by atoms with E-state index >= 15 is 0 Å². The predicted octanol–water partition coefficient (Wildman–Crippen LogP) is 2.72. The molecule has 1 fully saturated rings. The third-order valence-corrected chi connectivity index (χ3v) is 2.72. The summed E-state index contributed by atoms with van der Waals surface area (Å²) < 4.78 is 0. The third kappa shape index (κ3) is 2.07. The van der Waals surface area contributed by atoms with Crippen LogP contribution in [0.1, 0.15) is 26.7 Å². The van der Waals surface area contributed by atoms with Crippen molar-refractivity contribution in [3.05, 3.63) is 36.1 Å². The summed E-state index contributed by atoms with van der Waals surface area (Å²) in [5.74, 6) is 0.377. The lowest BCUT2D eigenvalue weighted by Gasteiger charge is -2.25. The molecule has 0 radical (unpaired) electrons. The van der Waals surface area contributed by atoms with Crippen LogP contribution >= 0.6 is 0 Å². The minimum absolute atomic E-state index is 0.111. The number of allylic oxidation sites excluding steroid dienone is 2. The van der Waals surface area contributed by atoms with Gasteiger partial charge in [-0.1, -0.05) is 18.7 Å². The van der Waals surface area contributed by atoms with Crippen molar-refractivity contribution in [1.29, 1.82) is 0 Å². The summed E-state index contributed by atoms with van der Waals surface area (Å²) in [6, 6.07) is 0. The zero-order chi connectivity index (χ0) is 10.8. The van der Waals surface area contributed by atoms with Gasteiger partial charge in [0.05, 0.1) is 5.60 Å². The van der Waals surface area contributed by atoms with Gasteiger partial charge in [-0.25, -0.2) is 0 Å². The lowest BCUT2D eigenvalue weighted by atomic mass is 9.89. The van der Waals surface area contributed by atoms with Crippen LogP contribution in [-0.2, 0) is 0 Å². The first-order chi connectivity index (χ1) is 6.54. The topological polar surface area (TPSA) is 40.5 Å². The molecule has 1 unspecified atom stereocenters. The fourth-order valence-corrected chi connectivity index (χ4v) is 1.68. The molecule has 0 spiro atoms. The van der Waals surface area contributed by atoms with Gasteiger partial charge in [-0.05, 0) is 38.7 Å². The highest BCUT2D eigenvalue weighted by Gasteiger charge is 2.42. The van der Waals surface area contributed by atoms with Crippen LogP contribution in [0.3, 0.4) is 0 Å². The average Bonchev–Trinajstić information content (AvgIpc) is 2.86. The van der Waals surface area contributed by atoms with Crippen molar-refractivity contribution in [2.24, 2.45) is 5.92 Å². The molecule has 0 amide bonds. The molecule has 0 aromatic rings. The molecule has 1 aliphatic rings. The fourth-order valence-electron chi connectivity index (χ4n) is 1.68. The van der Waals surface area contributed by atoms with Gasteiger partial charge in [0, 0.05) is 5.57 Å². The molecule has 14 heavy (non-hydrogen) atoms. The number of hydrogen-bond donors (Lipinski definition) is 2. The maximum atomic E-state index is 10.2. The normalized spacial score (nSPS) is 23.1. The van der Waals surface area contributed by atoms with Crippen LogP contribution in [0.15, 0.2) is 36.1 Å². The molecule has 1 rings (SSSR count). The highest BCUT2D eigenvalue weighted by Crippen LogP contribution is 2.44. The molecule has 0 aromatic carbocycles. The molecular formula is C12H18O2.